The molecular formula is C48H64F2N4O2S5. The molecule has 0 saturated heterocycles. The third-order valence-corrected chi connectivity index (χ3v) is 15.2. The Morgan fingerprint density at radius 3 is 1.79 bits per heavy atom. The molecule has 1 N–H and O–H groups in total. The number of hydrogen-bond donors (Lipinski definition) is 1. The topological polar surface area (TPSA) is 68.6 Å². The molecular weight excluding hydrogens is 863 g/mol. The van der Waals surface area contributed by atoms with E-state index in [4.69, 9.17) is 9.47 Å². The fourth-order valence-electron chi connectivity index (χ4n) is 7.25. The van der Waals surface area contributed by atoms with E-state index < -0.39 is 5.83 Å². The largest absolute Gasteiger partial charge is 0.488 e. The lowest BCUT2D eigenvalue weighted by Gasteiger charge is -2.12. The van der Waals surface area contributed by atoms with E-state index in [0.29, 0.717) is 29.8 Å². The predicted octanol–water partition coefficient (Wildman–Crippen LogP) is 17.3. The number of benzene rings is 1. The molecule has 0 bridgehead atoms. The number of thiophene rings is 3. The van der Waals surface area contributed by atoms with Crippen molar-refractivity contribution in [3.63, 3.8) is 0 Å². The molecule has 5 rings (SSSR count). The standard InChI is InChI=1S/C48H64F2N4O2S5/c1-5-7-9-11-13-15-17-19-21-23-29-55-45-46(56-30-24-22-20-18-16-14-12-10-8-6-2)48(43-28-26-41(58-43)38-32-37(50)33-39-44(38)54-61-53-39)59-47(45)42-27-25-40(57-42)36(31-35(3)49)34-52-60-51-4/h25-28,31-34,51H,3,5-24,29-30H2,1-2,4H3/b36-31+,52-34?. The van der Waals surface area contributed by atoms with Gasteiger partial charge in [-0.1, -0.05) is 136 Å². The zero-order valence-electron chi connectivity index (χ0n) is 36.3. The SMILES string of the molecule is C=C(F)/C=C(\C=NSNC)c1ccc(-c2sc(-c3ccc(-c4cc(F)cc5nsnc45)s3)c(OCCCCCCCCCCCC)c2OCCCCCCCCCCCC)s1. The smallest absolute Gasteiger partial charge is 0.181 e. The number of nitrogens with zero attached hydrogens (tertiary/aromatic N) is 3. The average molecular weight is 927 g/mol. The monoisotopic (exact) mass is 926 g/mol. The molecule has 4 heterocycles. The number of aromatic nitrogens is 2. The molecule has 0 unspecified atom stereocenters. The van der Waals surface area contributed by atoms with Crippen LogP contribution in [-0.2, 0) is 0 Å². The van der Waals surface area contributed by atoms with Gasteiger partial charge >= 0.3 is 0 Å². The van der Waals surface area contributed by atoms with Gasteiger partial charge in [-0.25, -0.2) is 17.9 Å². The van der Waals surface area contributed by atoms with Crippen LogP contribution in [0.3, 0.4) is 0 Å². The van der Waals surface area contributed by atoms with Crippen LogP contribution < -0.4 is 14.2 Å². The molecule has 332 valence electrons. The summed E-state index contributed by atoms with van der Waals surface area (Å²) in [7, 11) is 1.79. The predicted molar refractivity (Wildman–Crippen MR) is 265 cm³/mol. The number of allylic oxidation sites excluding steroid dienone is 3. The first-order valence-electron chi connectivity index (χ1n) is 22.4. The van der Waals surface area contributed by atoms with Crippen molar-refractivity contribution in [1.29, 1.82) is 0 Å². The van der Waals surface area contributed by atoms with Crippen molar-refractivity contribution in [3.05, 3.63) is 65.6 Å². The van der Waals surface area contributed by atoms with Crippen molar-refractivity contribution in [1.82, 2.24) is 13.5 Å². The van der Waals surface area contributed by atoms with E-state index in [1.54, 1.807) is 53.3 Å². The van der Waals surface area contributed by atoms with Gasteiger partial charge in [0.15, 0.2) is 11.5 Å². The van der Waals surface area contributed by atoms with Crippen LogP contribution in [-0.4, -0.2) is 35.2 Å². The van der Waals surface area contributed by atoms with Gasteiger partial charge < -0.3 is 9.47 Å². The summed E-state index contributed by atoms with van der Waals surface area (Å²) in [5.41, 5.74) is 2.63. The van der Waals surface area contributed by atoms with E-state index in [1.165, 1.54) is 127 Å². The summed E-state index contributed by atoms with van der Waals surface area (Å²) in [4.78, 5) is 5.74. The maximum Gasteiger partial charge on any atom is 0.181 e. The number of hydrogen-bond acceptors (Lipinski definition) is 11. The quantitative estimate of drug-likeness (QED) is 0.0201. The van der Waals surface area contributed by atoms with Crippen LogP contribution in [0.1, 0.15) is 147 Å². The molecule has 0 aliphatic carbocycles. The van der Waals surface area contributed by atoms with Gasteiger partial charge in [0, 0.05) is 42.9 Å². The maximum atomic E-state index is 14.8. The van der Waals surface area contributed by atoms with Crippen molar-refractivity contribution in [2.24, 2.45) is 4.40 Å². The molecule has 1 aromatic carbocycles. The Labute approximate surface area is 384 Å². The van der Waals surface area contributed by atoms with E-state index in [2.05, 4.69) is 50.4 Å². The first kappa shape index (κ1) is 49.1. The molecule has 0 saturated carbocycles. The van der Waals surface area contributed by atoms with Gasteiger partial charge in [0.2, 0.25) is 0 Å². The van der Waals surface area contributed by atoms with Crippen LogP contribution in [0.4, 0.5) is 8.78 Å². The van der Waals surface area contributed by atoms with Crippen LogP contribution in [0.2, 0.25) is 0 Å². The van der Waals surface area contributed by atoms with Crippen molar-refractivity contribution in [2.75, 3.05) is 20.3 Å². The molecule has 4 aromatic heterocycles. The molecule has 61 heavy (non-hydrogen) atoms. The Balaban J connectivity index is 1.42. The van der Waals surface area contributed by atoms with Gasteiger partial charge in [-0.15, -0.1) is 34.0 Å². The molecule has 0 amide bonds. The summed E-state index contributed by atoms with van der Waals surface area (Å²) in [6, 6.07) is 11.2. The molecule has 0 aliphatic heterocycles. The third kappa shape index (κ3) is 16.0. The maximum absolute atomic E-state index is 14.8. The lowest BCUT2D eigenvalue weighted by molar-refractivity contribution is 0.262. The Hall–Kier alpha value is -2.94. The number of ether oxygens (including phenoxy) is 2. The van der Waals surface area contributed by atoms with E-state index in [0.717, 1.165) is 83.7 Å². The lowest BCUT2D eigenvalue weighted by atomic mass is 10.1. The normalized spacial score (nSPS) is 12.0. The van der Waals surface area contributed by atoms with Crippen LogP contribution in [0.15, 0.2) is 59.3 Å². The van der Waals surface area contributed by atoms with Crippen molar-refractivity contribution in [2.45, 2.75) is 142 Å². The molecule has 0 spiro atoms. The Morgan fingerprint density at radius 2 is 1.23 bits per heavy atom. The van der Waals surface area contributed by atoms with E-state index in [9.17, 15) is 8.78 Å². The number of nitrogens with one attached hydrogen (secondary N) is 1. The van der Waals surface area contributed by atoms with E-state index in [-0.39, 0.29) is 5.82 Å². The molecule has 0 atom stereocenters. The summed E-state index contributed by atoms with van der Waals surface area (Å²) in [5.74, 6) is 0.638. The molecule has 5 aromatic rings. The number of unbranched alkanes of at least 4 members (excludes halogenated alkanes) is 18. The van der Waals surface area contributed by atoms with Gasteiger partial charge in [-0.05, 0) is 56.3 Å². The van der Waals surface area contributed by atoms with Crippen LogP contribution in [0, 0.1) is 5.82 Å². The van der Waals surface area contributed by atoms with Gasteiger partial charge in [-0.2, -0.15) is 8.75 Å². The zero-order valence-corrected chi connectivity index (χ0v) is 40.4. The van der Waals surface area contributed by atoms with Crippen molar-refractivity contribution >= 4 is 80.7 Å². The Morgan fingerprint density at radius 1 is 0.705 bits per heavy atom. The van der Waals surface area contributed by atoms with Crippen LogP contribution >= 0.6 is 57.9 Å². The molecule has 6 nitrogen and oxygen atoms in total. The fourth-order valence-corrected chi connectivity index (χ4v) is 11.5. The van der Waals surface area contributed by atoms with Gasteiger partial charge in [0.1, 0.15) is 22.7 Å². The van der Waals surface area contributed by atoms with Crippen molar-refractivity contribution in [3.8, 4) is 41.4 Å². The van der Waals surface area contributed by atoms with Crippen molar-refractivity contribution < 1.29 is 18.3 Å². The van der Waals surface area contributed by atoms with Crippen LogP contribution in [0.5, 0.6) is 11.5 Å². The summed E-state index contributed by atoms with van der Waals surface area (Å²) in [6.07, 6.45) is 28.0. The molecule has 0 aliphatic rings. The lowest BCUT2D eigenvalue weighted by Crippen LogP contribution is -2.02. The third-order valence-electron chi connectivity index (χ3n) is 10.5. The summed E-state index contributed by atoms with van der Waals surface area (Å²) >= 11 is 7.07. The van der Waals surface area contributed by atoms with E-state index in [1.807, 2.05) is 12.1 Å². The second-order valence-electron chi connectivity index (χ2n) is 15.5. The summed E-state index contributed by atoms with van der Waals surface area (Å²) < 4.78 is 58.7. The molecule has 13 heteroatoms. The highest BCUT2D eigenvalue weighted by atomic mass is 32.2. The van der Waals surface area contributed by atoms with Gasteiger partial charge in [0.25, 0.3) is 0 Å². The van der Waals surface area contributed by atoms with Crippen LogP contribution in [0.25, 0.3) is 46.6 Å². The average Bonchev–Trinajstić information content (AvgIpc) is 4.08. The Kier molecular flexibility index (Phi) is 22.5. The minimum Gasteiger partial charge on any atom is -0.488 e. The second-order valence-corrected chi connectivity index (χ2v) is 20.0. The first-order valence-corrected chi connectivity index (χ1v) is 26.4. The minimum atomic E-state index is -0.537. The van der Waals surface area contributed by atoms with E-state index >= 15 is 0 Å². The van der Waals surface area contributed by atoms with Gasteiger partial charge in [-0.3, -0.25) is 0 Å². The minimum absolute atomic E-state index is 0.334. The molecule has 0 radical (unpaired) electrons. The fraction of sp³-hybridized carbons (Fsp3) is 0.521. The molecule has 0 fully saturated rings. The number of fused-ring (bicyclic) bond motifs is 1. The Bertz CT molecular complexity index is 2100. The highest BCUT2D eigenvalue weighted by molar-refractivity contribution is 7.96. The van der Waals surface area contributed by atoms with Gasteiger partial charge in [0.05, 0.1) is 46.8 Å². The number of rotatable bonds is 32. The second kappa shape index (κ2) is 28.0. The number of halogens is 2. The zero-order chi connectivity index (χ0) is 43.1. The summed E-state index contributed by atoms with van der Waals surface area (Å²) in [6.45, 7) is 9.18. The highest BCUT2D eigenvalue weighted by Gasteiger charge is 2.27. The first-order chi connectivity index (χ1) is 29.9. The summed E-state index contributed by atoms with van der Waals surface area (Å²) in [5, 5.41) is 0. The highest BCUT2D eigenvalue weighted by Crippen LogP contribution is 2.56.